The summed E-state index contributed by atoms with van der Waals surface area (Å²) in [6.45, 7) is 2.04. The van der Waals surface area contributed by atoms with Gasteiger partial charge in [-0.15, -0.1) is 0 Å². The molecule has 0 bridgehead atoms. The van der Waals surface area contributed by atoms with Crippen LogP contribution in [0.3, 0.4) is 0 Å². The molecule has 1 aromatic heterocycles. The molecule has 4 aromatic rings. The molecule has 0 unspecified atom stereocenters. The van der Waals surface area contributed by atoms with Crippen LogP contribution in [0, 0.1) is 0 Å². The Labute approximate surface area is 169 Å². The van der Waals surface area contributed by atoms with E-state index in [0.717, 1.165) is 17.7 Å². The number of carbonyl (C=O) groups is 1. The molecule has 0 aliphatic rings. The topological polar surface area (TPSA) is 51.1 Å². The lowest BCUT2D eigenvalue weighted by Crippen LogP contribution is -2.30. The lowest BCUT2D eigenvalue weighted by atomic mass is 10.0. The van der Waals surface area contributed by atoms with Crippen LogP contribution < -0.4 is 10.9 Å². The number of pyridine rings is 1. The van der Waals surface area contributed by atoms with E-state index in [1.54, 1.807) is 16.8 Å². The summed E-state index contributed by atoms with van der Waals surface area (Å²) in [7, 11) is 0. The van der Waals surface area contributed by atoms with Gasteiger partial charge in [0.15, 0.2) is 0 Å². The highest BCUT2D eigenvalue weighted by Gasteiger charge is 2.18. The summed E-state index contributed by atoms with van der Waals surface area (Å²) >= 11 is 0. The fraction of sp³-hybridized carbons (Fsp3) is 0.120. The minimum absolute atomic E-state index is 0.0976. The highest BCUT2D eigenvalue weighted by molar-refractivity contribution is 6.06. The van der Waals surface area contributed by atoms with Crippen molar-refractivity contribution in [3.63, 3.8) is 0 Å². The van der Waals surface area contributed by atoms with E-state index in [2.05, 4.69) is 5.32 Å². The van der Waals surface area contributed by atoms with Crippen LogP contribution >= 0.6 is 0 Å². The number of carbonyl (C=O) groups excluding carboxylic acids is 1. The van der Waals surface area contributed by atoms with E-state index < -0.39 is 0 Å². The predicted octanol–water partition coefficient (Wildman–Crippen LogP) is 4.87. The van der Waals surface area contributed by atoms with E-state index in [0.29, 0.717) is 16.3 Å². The first-order valence-corrected chi connectivity index (χ1v) is 9.74. The molecule has 4 heteroatoms. The van der Waals surface area contributed by atoms with Gasteiger partial charge in [-0.05, 0) is 30.2 Å². The van der Waals surface area contributed by atoms with Gasteiger partial charge in [-0.3, -0.25) is 14.2 Å². The zero-order valence-electron chi connectivity index (χ0n) is 16.2. The van der Waals surface area contributed by atoms with Crippen molar-refractivity contribution in [3.05, 3.63) is 113 Å². The number of hydrogen-bond acceptors (Lipinski definition) is 2. The number of para-hydroxylation sites is 1. The summed E-state index contributed by atoms with van der Waals surface area (Å²) in [5.74, 6) is -0.193. The van der Waals surface area contributed by atoms with Crippen molar-refractivity contribution < 1.29 is 4.79 Å². The predicted molar refractivity (Wildman–Crippen MR) is 116 cm³/mol. The third-order valence-electron chi connectivity index (χ3n) is 5.12. The van der Waals surface area contributed by atoms with Crippen LogP contribution in [0.1, 0.15) is 35.3 Å². The molecule has 0 spiro atoms. The number of fused-ring (bicyclic) bond motifs is 1. The zero-order chi connectivity index (χ0) is 20.2. The smallest absolute Gasteiger partial charge is 0.262 e. The molecular formula is C25H22N2O2. The molecule has 1 atom stereocenters. The van der Waals surface area contributed by atoms with Gasteiger partial charge in [0.1, 0.15) is 0 Å². The minimum atomic E-state index is -0.193. The van der Waals surface area contributed by atoms with Crippen molar-refractivity contribution in [2.45, 2.75) is 19.4 Å². The van der Waals surface area contributed by atoms with E-state index in [4.69, 9.17) is 0 Å². The fourth-order valence-electron chi connectivity index (χ4n) is 3.60. The van der Waals surface area contributed by atoms with E-state index in [1.807, 2.05) is 85.8 Å². The van der Waals surface area contributed by atoms with E-state index >= 15 is 0 Å². The van der Waals surface area contributed by atoms with E-state index in [-0.39, 0.29) is 17.5 Å². The van der Waals surface area contributed by atoms with Gasteiger partial charge in [0.2, 0.25) is 0 Å². The van der Waals surface area contributed by atoms with Crippen molar-refractivity contribution in [3.8, 4) is 5.69 Å². The van der Waals surface area contributed by atoms with Crippen molar-refractivity contribution in [2.75, 3.05) is 0 Å². The zero-order valence-corrected chi connectivity index (χ0v) is 16.2. The summed E-state index contributed by atoms with van der Waals surface area (Å²) in [6, 6.07) is 26.4. The monoisotopic (exact) mass is 382 g/mol. The van der Waals surface area contributed by atoms with Crippen LogP contribution in [0.25, 0.3) is 16.5 Å². The Morgan fingerprint density at radius 1 is 0.862 bits per heavy atom. The molecule has 1 amide bonds. The quantitative estimate of drug-likeness (QED) is 0.535. The Hall–Kier alpha value is -3.66. The van der Waals surface area contributed by atoms with Crippen LogP contribution in [0.5, 0.6) is 0 Å². The van der Waals surface area contributed by atoms with Gasteiger partial charge < -0.3 is 5.32 Å². The molecule has 0 fully saturated rings. The maximum Gasteiger partial charge on any atom is 0.262 e. The Bertz CT molecular complexity index is 1200. The molecule has 29 heavy (non-hydrogen) atoms. The highest BCUT2D eigenvalue weighted by Crippen LogP contribution is 2.21. The molecule has 1 N–H and O–H groups in total. The largest absolute Gasteiger partial charge is 0.345 e. The van der Waals surface area contributed by atoms with Gasteiger partial charge in [-0.25, -0.2) is 0 Å². The standard InChI is InChI=1S/C25H22N2O2/c1-2-23(18-11-5-3-6-12-18)26-24(28)22-17-27(19-13-7-4-8-14-19)25(29)21-16-10-9-15-20(21)22/h3-17,23H,2H2,1H3,(H,26,28)/t23-/m0/s1. The molecule has 0 aliphatic heterocycles. The van der Waals surface area contributed by atoms with Crippen LogP contribution in [0.2, 0.25) is 0 Å². The normalized spacial score (nSPS) is 11.9. The molecule has 4 rings (SSSR count). The SMILES string of the molecule is CC[C@H](NC(=O)c1cn(-c2ccccc2)c(=O)c2ccccc12)c1ccccc1. The van der Waals surface area contributed by atoms with Crippen LogP contribution in [-0.4, -0.2) is 10.5 Å². The number of rotatable bonds is 5. The lowest BCUT2D eigenvalue weighted by Gasteiger charge is -2.19. The third-order valence-corrected chi connectivity index (χ3v) is 5.12. The van der Waals surface area contributed by atoms with Gasteiger partial charge >= 0.3 is 0 Å². The third kappa shape index (κ3) is 3.69. The summed E-state index contributed by atoms with van der Waals surface area (Å²) < 4.78 is 1.54. The molecule has 0 saturated heterocycles. The summed E-state index contributed by atoms with van der Waals surface area (Å²) in [6.07, 6.45) is 2.42. The van der Waals surface area contributed by atoms with E-state index in [1.165, 1.54) is 0 Å². The van der Waals surface area contributed by atoms with Crippen LogP contribution in [0.15, 0.2) is 95.9 Å². The lowest BCUT2D eigenvalue weighted by molar-refractivity contribution is 0.0936. The van der Waals surface area contributed by atoms with Crippen molar-refractivity contribution in [1.82, 2.24) is 9.88 Å². The number of nitrogens with one attached hydrogen (secondary N) is 1. The average Bonchev–Trinajstić information content (AvgIpc) is 2.79. The number of nitrogens with zero attached hydrogens (tertiary/aromatic N) is 1. The molecule has 3 aromatic carbocycles. The Morgan fingerprint density at radius 2 is 1.45 bits per heavy atom. The number of aromatic nitrogens is 1. The Morgan fingerprint density at radius 3 is 2.10 bits per heavy atom. The summed E-state index contributed by atoms with van der Waals surface area (Å²) in [5.41, 5.74) is 2.13. The molecule has 0 aliphatic carbocycles. The van der Waals surface area contributed by atoms with Gasteiger partial charge in [0.25, 0.3) is 11.5 Å². The average molecular weight is 382 g/mol. The maximum atomic E-state index is 13.3. The second-order valence-corrected chi connectivity index (χ2v) is 6.94. The molecular weight excluding hydrogens is 360 g/mol. The van der Waals surface area contributed by atoms with E-state index in [9.17, 15) is 9.59 Å². The molecule has 144 valence electrons. The number of amides is 1. The summed E-state index contributed by atoms with van der Waals surface area (Å²) in [5, 5.41) is 4.32. The summed E-state index contributed by atoms with van der Waals surface area (Å²) in [4.78, 5) is 26.3. The number of hydrogen-bond donors (Lipinski definition) is 1. The first-order valence-electron chi connectivity index (χ1n) is 9.74. The molecule has 4 nitrogen and oxygen atoms in total. The Kier molecular flexibility index (Phi) is 5.25. The maximum absolute atomic E-state index is 13.3. The van der Waals surface area contributed by atoms with Crippen LogP contribution in [0.4, 0.5) is 0 Å². The first-order chi connectivity index (χ1) is 14.2. The Balaban J connectivity index is 1.81. The second-order valence-electron chi connectivity index (χ2n) is 6.94. The molecule has 0 radical (unpaired) electrons. The van der Waals surface area contributed by atoms with Gasteiger partial charge in [-0.2, -0.15) is 0 Å². The fourth-order valence-corrected chi connectivity index (χ4v) is 3.60. The number of benzene rings is 3. The highest BCUT2D eigenvalue weighted by atomic mass is 16.2. The first kappa shape index (κ1) is 18.7. The van der Waals surface area contributed by atoms with Crippen molar-refractivity contribution >= 4 is 16.7 Å². The molecule has 1 heterocycles. The van der Waals surface area contributed by atoms with Gasteiger partial charge in [0.05, 0.1) is 11.6 Å². The minimum Gasteiger partial charge on any atom is -0.345 e. The van der Waals surface area contributed by atoms with Gasteiger partial charge in [-0.1, -0.05) is 73.7 Å². The van der Waals surface area contributed by atoms with Gasteiger partial charge in [0, 0.05) is 22.7 Å². The van der Waals surface area contributed by atoms with Crippen LogP contribution in [-0.2, 0) is 0 Å². The van der Waals surface area contributed by atoms with Crippen molar-refractivity contribution in [2.24, 2.45) is 0 Å². The second kappa shape index (κ2) is 8.15. The van der Waals surface area contributed by atoms with Crippen molar-refractivity contribution in [1.29, 1.82) is 0 Å². The molecule has 0 saturated carbocycles.